The zero-order valence-electron chi connectivity index (χ0n) is 12.7. The van der Waals surface area contributed by atoms with Gasteiger partial charge in [0.2, 0.25) is 5.88 Å². The Kier molecular flexibility index (Phi) is 4.96. The Morgan fingerprint density at radius 1 is 1.29 bits per heavy atom. The monoisotopic (exact) mass is 347 g/mol. The van der Waals surface area contributed by atoms with Gasteiger partial charge in [0.05, 0.1) is 5.02 Å². The van der Waals surface area contributed by atoms with Crippen molar-refractivity contribution in [3.63, 3.8) is 0 Å². The molecule has 0 unspecified atom stereocenters. The van der Waals surface area contributed by atoms with Crippen LogP contribution in [-0.4, -0.2) is 34.0 Å². The first kappa shape index (κ1) is 16.3. The van der Waals surface area contributed by atoms with Crippen molar-refractivity contribution in [3.05, 3.63) is 65.1 Å². The molecule has 5 nitrogen and oxygen atoms in total. The van der Waals surface area contributed by atoms with Gasteiger partial charge in [-0.15, -0.1) is 0 Å². The summed E-state index contributed by atoms with van der Waals surface area (Å²) >= 11 is 5.75. The maximum Gasteiger partial charge on any atom is 0.219 e. The van der Waals surface area contributed by atoms with Crippen LogP contribution in [-0.2, 0) is 0 Å². The van der Waals surface area contributed by atoms with E-state index in [1.54, 1.807) is 18.3 Å². The van der Waals surface area contributed by atoms with E-state index in [4.69, 9.17) is 16.3 Å². The maximum absolute atomic E-state index is 13.2. The number of benzene rings is 1. The minimum absolute atomic E-state index is 0.0265. The van der Waals surface area contributed by atoms with E-state index < -0.39 is 5.82 Å². The van der Waals surface area contributed by atoms with Crippen LogP contribution in [0, 0.1) is 5.82 Å². The Balaban J connectivity index is 1.82. The van der Waals surface area contributed by atoms with Crippen molar-refractivity contribution < 1.29 is 14.3 Å². The molecule has 2 heterocycles. The van der Waals surface area contributed by atoms with Gasteiger partial charge in [-0.1, -0.05) is 28.9 Å². The first-order valence-electron chi connectivity index (χ1n) is 7.38. The molecule has 1 aromatic carbocycles. The number of amidine groups is 1. The molecule has 1 N–H and O–H groups in total. The standard InChI is InChI=1S/C17H15ClFN3O2/c18-14-11-13(4-5-15(14)19)24-16-10-12(6-7-20-16)17(21-23)22-8-2-1-3-9-22/h1-2,4-7,10-11,23H,3,8-9H2/b21-17-. The second kappa shape index (κ2) is 7.31. The van der Waals surface area contributed by atoms with E-state index in [-0.39, 0.29) is 5.02 Å². The molecule has 0 atom stereocenters. The molecule has 1 aliphatic heterocycles. The molecular formula is C17H15ClFN3O2. The number of ether oxygens (including phenoxy) is 1. The summed E-state index contributed by atoms with van der Waals surface area (Å²) in [6.07, 6.45) is 6.56. The zero-order chi connectivity index (χ0) is 16.9. The van der Waals surface area contributed by atoms with E-state index in [0.29, 0.717) is 29.6 Å². The van der Waals surface area contributed by atoms with Crippen molar-refractivity contribution >= 4 is 17.4 Å². The van der Waals surface area contributed by atoms with Crippen LogP contribution >= 0.6 is 11.6 Å². The quantitative estimate of drug-likeness (QED) is 0.299. The van der Waals surface area contributed by atoms with Crippen molar-refractivity contribution in [2.75, 3.05) is 13.1 Å². The van der Waals surface area contributed by atoms with Crippen LogP contribution in [0.25, 0.3) is 0 Å². The van der Waals surface area contributed by atoms with E-state index in [9.17, 15) is 9.60 Å². The fourth-order valence-corrected chi connectivity index (χ4v) is 2.57. The molecule has 0 saturated carbocycles. The molecule has 7 heteroatoms. The number of hydrogen-bond acceptors (Lipinski definition) is 4. The zero-order valence-corrected chi connectivity index (χ0v) is 13.4. The number of rotatable bonds is 3. The molecular weight excluding hydrogens is 333 g/mol. The second-order valence-electron chi connectivity index (χ2n) is 5.19. The van der Waals surface area contributed by atoms with Gasteiger partial charge < -0.3 is 14.8 Å². The molecule has 0 aliphatic carbocycles. The molecule has 0 fully saturated rings. The Bertz CT molecular complexity index is 795. The highest BCUT2D eigenvalue weighted by Crippen LogP contribution is 2.25. The van der Waals surface area contributed by atoms with Gasteiger partial charge in [-0.05, 0) is 24.6 Å². The molecule has 0 spiro atoms. The predicted molar refractivity (Wildman–Crippen MR) is 89.4 cm³/mol. The van der Waals surface area contributed by atoms with E-state index in [0.717, 1.165) is 13.0 Å². The Labute approximate surface area is 143 Å². The molecule has 3 rings (SSSR count). The summed E-state index contributed by atoms with van der Waals surface area (Å²) in [6, 6.07) is 7.46. The molecule has 124 valence electrons. The van der Waals surface area contributed by atoms with Gasteiger partial charge in [-0.3, -0.25) is 0 Å². The highest BCUT2D eigenvalue weighted by molar-refractivity contribution is 6.30. The molecule has 0 saturated heterocycles. The SMILES string of the molecule is O/N=C(/c1ccnc(Oc2ccc(F)c(Cl)c2)c1)N1CC=CCC1. The lowest BCUT2D eigenvalue weighted by Gasteiger charge is -2.25. The molecule has 0 bridgehead atoms. The molecule has 1 aliphatic rings. The lowest BCUT2D eigenvalue weighted by atomic mass is 10.2. The number of oxime groups is 1. The van der Waals surface area contributed by atoms with Crippen LogP contribution in [0.5, 0.6) is 11.6 Å². The number of pyridine rings is 1. The highest BCUT2D eigenvalue weighted by Gasteiger charge is 2.16. The third-order valence-electron chi connectivity index (χ3n) is 3.56. The van der Waals surface area contributed by atoms with E-state index in [1.807, 2.05) is 11.0 Å². The fourth-order valence-electron chi connectivity index (χ4n) is 2.40. The first-order chi connectivity index (χ1) is 11.7. The maximum atomic E-state index is 13.2. The summed E-state index contributed by atoms with van der Waals surface area (Å²) < 4.78 is 18.8. The minimum Gasteiger partial charge on any atom is -0.439 e. The summed E-state index contributed by atoms with van der Waals surface area (Å²) in [4.78, 5) is 6.07. The van der Waals surface area contributed by atoms with E-state index >= 15 is 0 Å². The normalized spacial score (nSPS) is 14.8. The summed E-state index contributed by atoms with van der Waals surface area (Å²) in [5, 5.41) is 12.8. The highest BCUT2D eigenvalue weighted by atomic mass is 35.5. The van der Waals surface area contributed by atoms with E-state index in [1.165, 1.54) is 18.2 Å². The number of aromatic nitrogens is 1. The van der Waals surface area contributed by atoms with Crippen LogP contribution in [0.4, 0.5) is 4.39 Å². The molecule has 0 radical (unpaired) electrons. The van der Waals surface area contributed by atoms with Gasteiger partial charge in [0.1, 0.15) is 11.6 Å². The van der Waals surface area contributed by atoms with Gasteiger partial charge >= 0.3 is 0 Å². The van der Waals surface area contributed by atoms with Crippen LogP contribution in [0.2, 0.25) is 5.02 Å². The van der Waals surface area contributed by atoms with E-state index in [2.05, 4.69) is 16.2 Å². The average Bonchev–Trinajstić information content (AvgIpc) is 2.60. The van der Waals surface area contributed by atoms with Gasteiger partial charge in [-0.2, -0.15) is 0 Å². The van der Waals surface area contributed by atoms with Crippen LogP contribution < -0.4 is 4.74 Å². The topological polar surface area (TPSA) is 58.0 Å². The third-order valence-corrected chi connectivity index (χ3v) is 3.85. The van der Waals surface area contributed by atoms with Crippen LogP contribution in [0.3, 0.4) is 0 Å². The summed E-state index contributed by atoms with van der Waals surface area (Å²) in [6.45, 7) is 1.44. The number of nitrogens with zero attached hydrogens (tertiary/aromatic N) is 3. The predicted octanol–water partition coefficient (Wildman–Crippen LogP) is 4.06. The lowest BCUT2D eigenvalue weighted by Crippen LogP contribution is -2.34. The fraction of sp³-hybridized carbons (Fsp3) is 0.176. The molecule has 1 aromatic heterocycles. The second-order valence-corrected chi connectivity index (χ2v) is 5.60. The lowest BCUT2D eigenvalue weighted by molar-refractivity contribution is 0.303. The number of halogens is 2. The van der Waals surface area contributed by atoms with Gasteiger partial charge in [0.15, 0.2) is 5.84 Å². The van der Waals surface area contributed by atoms with Crippen molar-refractivity contribution in [1.82, 2.24) is 9.88 Å². The molecule has 0 amide bonds. The van der Waals surface area contributed by atoms with Crippen molar-refractivity contribution in [2.45, 2.75) is 6.42 Å². The van der Waals surface area contributed by atoms with Gasteiger partial charge in [0.25, 0.3) is 0 Å². The first-order valence-corrected chi connectivity index (χ1v) is 7.76. The van der Waals surface area contributed by atoms with Gasteiger partial charge in [0, 0.05) is 37.0 Å². The Hall–Kier alpha value is -2.60. The van der Waals surface area contributed by atoms with Gasteiger partial charge in [-0.25, -0.2) is 9.37 Å². The molecule has 2 aromatic rings. The summed E-state index contributed by atoms with van der Waals surface area (Å²) in [5.74, 6) is 0.598. The Morgan fingerprint density at radius 2 is 2.17 bits per heavy atom. The van der Waals surface area contributed by atoms with Crippen LogP contribution in [0.1, 0.15) is 12.0 Å². The number of hydrogen-bond donors (Lipinski definition) is 1. The van der Waals surface area contributed by atoms with Crippen molar-refractivity contribution in [1.29, 1.82) is 0 Å². The average molecular weight is 348 g/mol. The smallest absolute Gasteiger partial charge is 0.219 e. The van der Waals surface area contributed by atoms with Crippen molar-refractivity contribution in [2.24, 2.45) is 5.16 Å². The largest absolute Gasteiger partial charge is 0.439 e. The Morgan fingerprint density at radius 3 is 2.88 bits per heavy atom. The summed E-state index contributed by atoms with van der Waals surface area (Å²) in [5.41, 5.74) is 0.672. The minimum atomic E-state index is -0.515. The third kappa shape index (κ3) is 3.65. The summed E-state index contributed by atoms with van der Waals surface area (Å²) in [7, 11) is 0. The van der Waals surface area contributed by atoms with Crippen LogP contribution in [0.15, 0.2) is 53.8 Å². The van der Waals surface area contributed by atoms with Crippen molar-refractivity contribution in [3.8, 4) is 11.6 Å². The molecule has 24 heavy (non-hydrogen) atoms.